The normalized spacial score (nSPS) is 21.0. The molecule has 1 atom stereocenters. The van der Waals surface area contributed by atoms with Crippen molar-refractivity contribution in [1.82, 2.24) is 15.5 Å². The molecule has 3 N–H and O–H groups in total. The Bertz CT molecular complexity index is 378. The van der Waals surface area contributed by atoms with Crippen LogP contribution in [-0.4, -0.2) is 35.2 Å². The smallest absolute Gasteiger partial charge is 0.318 e. The highest BCUT2D eigenvalue weighted by Gasteiger charge is 2.31. The lowest BCUT2D eigenvalue weighted by molar-refractivity contribution is -0.123. The van der Waals surface area contributed by atoms with Gasteiger partial charge in [0.1, 0.15) is 6.04 Å². The number of anilines is 1. The number of aromatic nitrogens is 2. The van der Waals surface area contributed by atoms with Gasteiger partial charge in [0.25, 0.3) is 0 Å². The zero-order valence-electron chi connectivity index (χ0n) is 9.14. The van der Waals surface area contributed by atoms with E-state index in [-0.39, 0.29) is 18.5 Å². The summed E-state index contributed by atoms with van der Waals surface area (Å²) in [7, 11) is 0. The second kappa shape index (κ2) is 4.48. The fourth-order valence-electron chi connectivity index (χ4n) is 1.79. The maximum atomic E-state index is 11.6. The van der Waals surface area contributed by atoms with Gasteiger partial charge in [-0.1, -0.05) is 12.0 Å². The molecule has 0 bridgehead atoms. The zero-order valence-corrected chi connectivity index (χ0v) is 9.14. The third-order valence-corrected chi connectivity index (χ3v) is 2.59. The molecule has 0 spiro atoms. The Labute approximate surface area is 93.0 Å². The van der Waals surface area contributed by atoms with Crippen LogP contribution in [0.1, 0.15) is 19.2 Å². The highest BCUT2D eigenvalue weighted by molar-refractivity contribution is 5.85. The molecule has 2 rings (SSSR count). The van der Waals surface area contributed by atoms with Gasteiger partial charge in [-0.05, 0) is 6.42 Å². The average Bonchev–Trinajstić information content (AvgIpc) is 2.77. The van der Waals surface area contributed by atoms with Crippen molar-refractivity contribution < 1.29 is 9.21 Å². The third-order valence-electron chi connectivity index (χ3n) is 2.59. The van der Waals surface area contributed by atoms with Crippen molar-refractivity contribution in [2.45, 2.75) is 25.9 Å². The molecule has 7 heteroatoms. The van der Waals surface area contributed by atoms with E-state index in [1.54, 1.807) is 0 Å². The lowest BCUT2D eigenvalue weighted by Gasteiger charge is -2.32. The molecule has 1 fully saturated rings. The van der Waals surface area contributed by atoms with E-state index in [9.17, 15) is 4.79 Å². The molecule has 88 valence electrons. The summed E-state index contributed by atoms with van der Waals surface area (Å²) >= 11 is 0. The predicted octanol–water partition coefficient (Wildman–Crippen LogP) is -0.757. The van der Waals surface area contributed by atoms with Crippen LogP contribution < -0.4 is 16.0 Å². The summed E-state index contributed by atoms with van der Waals surface area (Å²) in [6.45, 7) is 3.43. The lowest BCUT2D eigenvalue weighted by atomic mass is 10.1. The average molecular weight is 225 g/mol. The number of nitrogens with one attached hydrogen (secondary N) is 1. The molecule has 1 aromatic heterocycles. The Morgan fingerprint density at radius 3 is 3.06 bits per heavy atom. The molecule has 7 nitrogen and oxygen atoms in total. The summed E-state index contributed by atoms with van der Waals surface area (Å²) in [6.07, 6.45) is 0.701. The maximum Gasteiger partial charge on any atom is 0.318 e. The molecular weight excluding hydrogens is 210 g/mol. The molecule has 0 radical (unpaired) electrons. The molecule has 0 saturated carbocycles. The van der Waals surface area contributed by atoms with Crippen LogP contribution in [0.15, 0.2) is 4.42 Å². The minimum absolute atomic E-state index is 0.00116. The third kappa shape index (κ3) is 1.85. The summed E-state index contributed by atoms with van der Waals surface area (Å²) in [6, 6.07) is 0.141. The number of hydrogen-bond acceptors (Lipinski definition) is 6. The van der Waals surface area contributed by atoms with Crippen LogP contribution in [0, 0.1) is 0 Å². The number of amides is 1. The summed E-state index contributed by atoms with van der Waals surface area (Å²) in [5.74, 6) is 0.386. The fourth-order valence-corrected chi connectivity index (χ4v) is 1.79. The van der Waals surface area contributed by atoms with Crippen molar-refractivity contribution in [3.63, 3.8) is 0 Å². The van der Waals surface area contributed by atoms with Gasteiger partial charge >= 0.3 is 6.01 Å². The molecule has 1 aromatic rings. The molecule has 0 aliphatic carbocycles. The molecule has 1 unspecified atom stereocenters. The van der Waals surface area contributed by atoms with Gasteiger partial charge in [0.2, 0.25) is 11.8 Å². The monoisotopic (exact) mass is 225 g/mol. The Kier molecular flexibility index (Phi) is 3.04. The molecule has 1 saturated heterocycles. The Balaban J connectivity index is 2.20. The van der Waals surface area contributed by atoms with Crippen molar-refractivity contribution in [1.29, 1.82) is 0 Å². The highest BCUT2D eigenvalue weighted by Crippen LogP contribution is 2.18. The number of hydrogen-bond donors (Lipinski definition) is 2. The minimum Gasteiger partial charge on any atom is -0.407 e. The number of rotatable bonds is 3. The van der Waals surface area contributed by atoms with Crippen molar-refractivity contribution >= 4 is 11.9 Å². The molecule has 0 aromatic carbocycles. The van der Waals surface area contributed by atoms with E-state index in [4.69, 9.17) is 10.2 Å². The SMILES string of the molecule is CCC1C(=O)NCCN1c1nnc(CN)o1. The van der Waals surface area contributed by atoms with Crippen molar-refractivity contribution in [3.05, 3.63) is 5.89 Å². The van der Waals surface area contributed by atoms with Gasteiger partial charge in [0.05, 0.1) is 6.54 Å². The highest BCUT2D eigenvalue weighted by atomic mass is 16.4. The molecule has 1 amide bonds. The Hall–Kier alpha value is -1.63. The van der Waals surface area contributed by atoms with Crippen LogP contribution in [0.2, 0.25) is 0 Å². The first-order valence-electron chi connectivity index (χ1n) is 5.33. The van der Waals surface area contributed by atoms with Crippen LogP contribution >= 0.6 is 0 Å². The second-order valence-corrected chi connectivity index (χ2v) is 3.59. The first-order chi connectivity index (χ1) is 7.76. The summed E-state index contributed by atoms with van der Waals surface area (Å²) < 4.78 is 5.35. The quantitative estimate of drug-likeness (QED) is 0.702. The lowest BCUT2D eigenvalue weighted by Crippen LogP contribution is -2.55. The molecule has 16 heavy (non-hydrogen) atoms. The molecule has 2 heterocycles. The van der Waals surface area contributed by atoms with Gasteiger partial charge in [-0.15, -0.1) is 5.10 Å². The van der Waals surface area contributed by atoms with Crippen LogP contribution in [0.3, 0.4) is 0 Å². The summed E-state index contributed by atoms with van der Waals surface area (Å²) in [4.78, 5) is 13.4. The topological polar surface area (TPSA) is 97.3 Å². The van der Waals surface area contributed by atoms with Crippen molar-refractivity contribution in [2.24, 2.45) is 5.73 Å². The van der Waals surface area contributed by atoms with Gasteiger partial charge in [-0.2, -0.15) is 0 Å². The van der Waals surface area contributed by atoms with Gasteiger partial charge < -0.3 is 20.4 Å². The molecular formula is C9H15N5O2. The molecule has 1 aliphatic heterocycles. The van der Waals surface area contributed by atoms with E-state index >= 15 is 0 Å². The van der Waals surface area contributed by atoms with Gasteiger partial charge in [0.15, 0.2) is 0 Å². The fraction of sp³-hybridized carbons (Fsp3) is 0.667. The van der Waals surface area contributed by atoms with Crippen LogP contribution in [0.25, 0.3) is 0 Å². The standard InChI is InChI=1S/C9H15N5O2/c1-2-6-8(15)11-3-4-14(6)9-13-12-7(5-10)16-9/h6H,2-5,10H2,1H3,(H,11,15). The van der Waals surface area contributed by atoms with E-state index in [1.165, 1.54) is 0 Å². The van der Waals surface area contributed by atoms with E-state index in [1.807, 2.05) is 11.8 Å². The first-order valence-corrected chi connectivity index (χ1v) is 5.33. The number of carbonyl (C=O) groups is 1. The maximum absolute atomic E-state index is 11.6. The number of nitrogens with two attached hydrogens (primary N) is 1. The van der Waals surface area contributed by atoms with E-state index in [0.29, 0.717) is 31.4 Å². The van der Waals surface area contributed by atoms with Gasteiger partial charge in [-0.3, -0.25) is 4.79 Å². The Morgan fingerprint density at radius 2 is 2.44 bits per heavy atom. The van der Waals surface area contributed by atoms with Gasteiger partial charge in [-0.25, -0.2) is 0 Å². The Morgan fingerprint density at radius 1 is 1.62 bits per heavy atom. The first kappa shape index (κ1) is 10.9. The number of nitrogens with zero attached hydrogens (tertiary/aromatic N) is 3. The summed E-state index contributed by atoms with van der Waals surface area (Å²) in [5.41, 5.74) is 5.39. The number of piperazine rings is 1. The van der Waals surface area contributed by atoms with Crippen LogP contribution in [0.4, 0.5) is 6.01 Å². The predicted molar refractivity (Wildman–Crippen MR) is 56.6 cm³/mol. The van der Waals surface area contributed by atoms with E-state index in [2.05, 4.69) is 15.5 Å². The zero-order chi connectivity index (χ0) is 11.5. The second-order valence-electron chi connectivity index (χ2n) is 3.59. The number of carbonyl (C=O) groups excluding carboxylic acids is 1. The van der Waals surface area contributed by atoms with Crippen molar-refractivity contribution in [2.75, 3.05) is 18.0 Å². The van der Waals surface area contributed by atoms with Crippen LogP contribution in [-0.2, 0) is 11.3 Å². The van der Waals surface area contributed by atoms with Crippen molar-refractivity contribution in [3.8, 4) is 0 Å². The summed E-state index contributed by atoms with van der Waals surface area (Å²) in [5, 5.41) is 10.5. The van der Waals surface area contributed by atoms with E-state index < -0.39 is 0 Å². The molecule has 1 aliphatic rings. The van der Waals surface area contributed by atoms with Gasteiger partial charge in [0, 0.05) is 13.1 Å². The largest absolute Gasteiger partial charge is 0.407 e. The van der Waals surface area contributed by atoms with E-state index in [0.717, 1.165) is 0 Å². The minimum atomic E-state index is -0.236. The van der Waals surface area contributed by atoms with Crippen LogP contribution in [0.5, 0.6) is 0 Å².